The molecule has 0 radical (unpaired) electrons. The molecule has 4 aromatic rings. The van der Waals surface area contributed by atoms with Gasteiger partial charge in [-0.3, -0.25) is 14.2 Å². The highest BCUT2D eigenvalue weighted by molar-refractivity contribution is 5.80. The number of nitrogens with one attached hydrogen (secondary N) is 1. The lowest BCUT2D eigenvalue weighted by molar-refractivity contribution is 0.429. The van der Waals surface area contributed by atoms with Crippen LogP contribution in [0.1, 0.15) is 19.9 Å². The monoisotopic (exact) mass is 366 g/mol. The molecular weight excluding hydrogens is 351 g/mol. The van der Waals surface area contributed by atoms with E-state index in [0.717, 1.165) is 0 Å². The number of halogens is 1. The van der Waals surface area contributed by atoms with Gasteiger partial charge in [-0.2, -0.15) is 4.98 Å². The van der Waals surface area contributed by atoms with E-state index in [-0.39, 0.29) is 23.3 Å². The lowest BCUT2D eigenvalue weighted by Crippen LogP contribution is -2.37. The normalized spacial score (nSPS) is 11.4. The highest BCUT2D eigenvalue weighted by Gasteiger charge is 2.16. The first-order valence-electron chi connectivity index (χ1n) is 8.33. The predicted octanol–water partition coefficient (Wildman–Crippen LogP) is 3.13. The number of hydrogen-bond donors (Lipinski definition) is 1. The molecule has 0 fully saturated rings. The summed E-state index contributed by atoms with van der Waals surface area (Å²) in [6, 6.07) is 11.0. The number of H-pyrrole nitrogens is 1. The van der Waals surface area contributed by atoms with Gasteiger partial charge in [0.25, 0.3) is 5.89 Å². The lowest BCUT2D eigenvalue weighted by atomic mass is 10.1. The molecule has 2 aromatic carbocycles. The summed E-state index contributed by atoms with van der Waals surface area (Å²) in [6.07, 6.45) is 0. The van der Waals surface area contributed by atoms with Crippen LogP contribution in [-0.2, 0) is 0 Å². The third-order valence-electron chi connectivity index (χ3n) is 4.22. The molecule has 136 valence electrons. The van der Waals surface area contributed by atoms with Crippen molar-refractivity contribution >= 4 is 11.0 Å². The molecular formula is C19H15FN4O3. The van der Waals surface area contributed by atoms with E-state index in [1.807, 2.05) is 13.8 Å². The Labute approximate surface area is 152 Å². The molecule has 0 amide bonds. The zero-order valence-electron chi connectivity index (χ0n) is 14.6. The highest BCUT2D eigenvalue weighted by atomic mass is 19.1. The van der Waals surface area contributed by atoms with E-state index < -0.39 is 16.9 Å². The van der Waals surface area contributed by atoms with E-state index in [2.05, 4.69) is 15.1 Å². The van der Waals surface area contributed by atoms with Gasteiger partial charge in [0.1, 0.15) is 5.82 Å². The van der Waals surface area contributed by atoms with Crippen LogP contribution in [0.5, 0.6) is 0 Å². The van der Waals surface area contributed by atoms with Gasteiger partial charge in [0.15, 0.2) is 0 Å². The summed E-state index contributed by atoms with van der Waals surface area (Å²) < 4.78 is 20.5. The van der Waals surface area contributed by atoms with Gasteiger partial charge in [-0.1, -0.05) is 17.3 Å². The number of fused-ring (bicyclic) bond motifs is 1. The summed E-state index contributed by atoms with van der Waals surface area (Å²) in [5.41, 5.74) is 0.539. The van der Waals surface area contributed by atoms with Crippen molar-refractivity contribution in [3.8, 4) is 22.8 Å². The van der Waals surface area contributed by atoms with Crippen molar-refractivity contribution in [1.82, 2.24) is 19.7 Å². The maximum Gasteiger partial charge on any atom is 0.316 e. The van der Waals surface area contributed by atoms with Crippen molar-refractivity contribution in [2.75, 3.05) is 0 Å². The van der Waals surface area contributed by atoms with Crippen LogP contribution in [0.3, 0.4) is 0 Å². The molecule has 2 heterocycles. The Bertz CT molecular complexity index is 1270. The van der Waals surface area contributed by atoms with Gasteiger partial charge in [-0.05, 0) is 44.2 Å². The van der Waals surface area contributed by atoms with Gasteiger partial charge in [-0.25, -0.2) is 4.39 Å². The lowest BCUT2D eigenvalue weighted by Gasteiger charge is -2.13. The van der Waals surface area contributed by atoms with Crippen LogP contribution in [0, 0.1) is 5.82 Å². The molecule has 0 saturated heterocycles. The predicted molar refractivity (Wildman–Crippen MR) is 97.9 cm³/mol. The fourth-order valence-electron chi connectivity index (χ4n) is 2.98. The molecule has 0 spiro atoms. The minimum atomic E-state index is -0.700. The van der Waals surface area contributed by atoms with Crippen molar-refractivity contribution in [3.63, 3.8) is 0 Å². The molecule has 0 unspecified atom stereocenters. The van der Waals surface area contributed by atoms with Crippen molar-refractivity contribution in [3.05, 3.63) is 69.0 Å². The van der Waals surface area contributed by atoms with Crippen LogP contribution in [0.25, 0.3) is 33.9 Å². The van der Waals surface area contributed by atoms with Gasteiger partial charge < -0.3 is 9.51 Å². The van der Waals surface area contributed by atoms with Crippen LogP contribution in [0.15, 0.2) is 56.6 Å². The summed E-state index contributed by atoms with van der Waals surface area (Å²) >= 11 is 0. The first-order valence-corrected chi connectivity index (χ1v) is 8.33. The Kier molecular flexibility index (Phi) is 3.95. The molecule has 1 N–H and O–H groups in total. The molecule has 0 saturated carbocycles. The quantitative estimate of drug-likeness (QED) is 0.562. The SMILES string of the molecule is CC(C)n1c(=O)c(=O)[nH]c2cc(-c3noc(-c4ccccc4F)n3)ccc21. The number of rotatable bonds is 3. The minimum Gasteiger partial charge on any atom is -0.334 e. The van der Waals surface area contributed by atoms with Crippen molar-refractivity contribution < 1.29 is 8.91 Å². The maximum atomic E-state index is 13.9. The molecule has 4 rings (SSSR count). The zero-order chi connectivity index (χ0) is 19.1. The Morgan fingerprint density at radius 1 is 1.15 bits per heavy atom. The van der Waals surface area contributed by atoms with Gasteiger partial charge >= 0.3 is 11.1 Å². The molecule has 27 heavy (non-hydrogen) atoms. The van der Waals surface area contributed by atoms with Crippen molar-refractivity contribution in [2.45, 2.75) is 19.9 Å². The first-order chi connectivity index (χ1) is 13.0. The minimum absolute atomic E-state index is 0.0591. The van der Waals surface area contributed by atoms with Crippen LogP contribution in [0.2, 0.25) is 0 Å². The summed E-state index contributed by atoms with van der Waals surface area (Å²) in [4.78, 5) is 30.9. The maximum absolute atomic E-state index is 13.9. The summed E-state index contributed by atoms with van der Waals surface area (Å²) in [5, 5.41) is 3.89. The average Bonchev–Trinajstić information content (AvgIpc) is 3.12. The Morgan fingerprint density at radius 2 is 1.93 bits per heavy atom. The van der Waals surface area contributed by atoms with Crippen molar-refractivity contribution in [1.29, 1.82) is 0 Å². The summed E-state index contributed by atoms with van der Waals surface area (Å²) in [5.74, 6) is -0.154. The smallest absolute Gasteiger partial charge is 0.316 e. The number of aromatic amines is 1. The third-order valence-corrected chi connectivity index (χ3v) is 4.22. The standard InChI is InChI=1S/C19H15FN4O3/c1-10(2)24-15-8-7-11(9-14(15)21-17(25)19(24)26)16-22-18(27-23-16)12-5-3-4-6-13(12)20/h3-10H,1-2H3,(H,21,25). The summed E-state index contributed by atoms with van der Waals surface area (Å²) in [7, 11) is 0. The molecule has 0 aliphatic rings. The van der Waals surface area contributed by atoms with Gasteiger partial charge in [-0.15, -0.1) is 0 Å². The fraction of sp³-hybridized carbons (Fsp3) is 0.158. The van der Waals surface area contributed by atoms with E-state index in [1.54, 1.807) is 36.4 Å². The largest absolute Gasteiger partial charge is 0.334 e. The van der Waals surface area contributed by atoms with Gasteiger partial charge in [0.05, 0.1) is 16.6 Å². The number of hydrogen-bond acceptors (Lipinski definition) is 5. The number of nitrogens with zero attached hydrogens (tertiary/aromatic N) is 3. The second kappa shape index (κ2) is 6.31. The van der Waals surface area contributed by atoms with Crippen LogP contribution >= 0.6 is 0 Å². The second-order valence-electron chi connectivity index (χ2n) is 6.36. The average molecular weight is 366 g/mol. The topological polar surface area (TPSA) is 93.8 Å². The molecule has 0 aliphatic carbocycles. The van der Waals surface area contributed by atoms with E-state index in [0.29, 0.717) is 16.6 Å². The Hall–Kier alpha value is -3.55. The molecule has 2 aromatic heterocycles. The van der Waals surface area contributed by atoms with E-state index in [1.165, 1.54) is 10.6 Å². The first kappa shape index (κ1) is 16.9. The van der Waals surface area contributed by atoms with Crippen LogP contribution < -0.4 is 11.1 Å². The number of benzene rings is 2. The Morgan fingerprint density at radius 3 is 2.67 bits per heavy atom. The van der Waals surface area contributed by atoms with Crippen LogP contribution in [0.4, 0.5) is 4.39 Å². The fourth-order valence-corrected chi connectivity index (χ4v) is 2.98. The molecule has 8 heteroatoms. The number of aromatic nitrogens is 4. The van der Waals surface area contributed by atoms with E-state index in [4.69, 9.17) is 4.52 Å². The zero-order valence-corrected chi connectivity index (χ0v) is 14.6. The van der Waals surface area contributed by atoms with E-state index in [9.17, 15) is 14.0 Å². The van der Waals surface area contributed by atoms with Gasteiger partial charge in [0.2, 0.25) is 5.82 Å². The second-order valence-corrected chi connectivity index (χ2v) is 6.36. The Balaban J connectivity index is 1.84. The summed E-state index contributed by atoms with van der Waals surface area (Å²) in [6.45, 7) is 3.65. The molecule has 0 bridgehead atoms. The molecule has 0 atom stereocenters. The van der Waals surface area contributed by atoms with Gasteiger partial charge in [0, 0.05) is 11.6 Å². The van der Waals surface area contributed by atoms with Crippen LogP contribution in [-0.4, -0.2) is 19.7 Å². The highest BCUT2D eigenvalue weighted by Crippen LogP contribution is 2.26. The molecule has 7 nitrogen and oxygen atoms in total. The van der Waals surface area contributed by atoms with Crippen molar-refractivity contribution in [2.24, 2.45) is 0 Å². The molecule has 0 aliphatic heterocycles. The third kappa shape index (κ3) is 2.84. The van der Waals surface area contributed by atoms with E-state index >= 15 is 0 Å².